The Kier molecular flexibility index (Phi) is 2.47. The number of rotatable bonds is 2. The Bertz CT molecular complexity index is 1130. The van der Waals surface area contributed by atoms with E-state index in [0.29, 0.717) is 17.0 Å². The lowest BCUT2D eigenvalue weighted by molar-refractivity contribution is 0.652. The zero-order valence-electron chi connectivity index (χ0n) is 16.1. The summed E-state index contributed by atoms with van der Waals surface area (Å²) in [5.41, 5.74) is 4.80. The van der Waals surface area contributed by atoms with E-state index in [4.69, 9.17) is 8.53 Å². The van der Waals surface area contributed by atoms with Crippen molar-refractivity contribution in [1.29, 1.82) is 0 Å². The Morgan fingerprint density at radius 1 is 1.13 bits per heavy atom. The van der Waals surface area contributed by atoms with Crippen molar-refractivity contribution in [2.45, 2.75) is 27.1 Å². The number of pyridine rings is 2. The number of fused-ring (bicyclic) bond motifs is 3. The lowest BCUT2D eigenvalue weighted by atomic mass is 10.0. The molecule has 0 aliphatic heterocycles. The van der Waals surface area contributed by atoms with Crippen molar-refractivity contribution in [3.05, 3.63) is 59.4 Å². The van der Waals surface area contributed by atoms with Gasteiger partial charge in [0.05, 0.1) is 5.69 Å². The van der Waals surface area contributed by atoms with Crippen LogP contribution in [0.4, 0.5) is 0 Å². The third-order valence-corrected chi connectivity index (χ3v) is 4.17. The lowest BCUT2D eigenvalue weighted by Crippen LogP contribution is -1.88. The molecule has 23 heavy (non-hydrogen) atoms. The zero-order chi connectivity index (χ0) is 18.5. The number of furan rings is 1. The second kappa shape index (κ2) is 5.20. The van der Waals surface area contributed by atoms with Crippen LogP contribution in [0.25, 0.3) is 33.3 Å². The first kappa shape index (κ1) is 10.9. The minimum absolute atomic E-state index is 0.271. The molecule has 0 saturated heterocycles. The Morgan fingerprint density at radius 3 is 2.83 bits per heavy atom. The van der Waals surface area contributed by atoms with Gasteiger partial charge in [-0.1, -0.05) is 19.1 Å². The van der Waals surface area contributed by atoms with Gasteiger partial charge < -0.3 is 4.42 Å². The van der Waals surface area contributed by atoms with Crippen LogP contribution in [0.2, 0.25) is 0 Å². The summed E-state index contributed by atoms with van der Waals surface area (Å²) in [7, 11) is 0. The van der Waals surface area contributed by atoms with Crippen molar-refractivity contribution < 1.29 is 8.53 Å². The van der Waals surface area contributed by atoms with Crippen LogP contribution in [0.3, 0.4) is 0 Å². The van der Waals surface area contributed by atoms with Gasteiger partial charge in [0.25, 0.3) is 0 Å². The number of hydrogen-bond acceptors (Lipinski definition) is 3. The maximum Gasteiger partial charge on any atom is 0.227 e. The van der Waals surface area contributed by atoms with Gasteiger partial charge in [0.15, 0.2) is 0 Å². The minimum atomic E-state index is -2.17. The van der Waals surface area contributed by atoms with Crippen LogP contribution < -0.4 is 0 Å². The van der Waals surface area contributed by atoms with Crippen molar-refractivity contribution >= 4 is 22.1 Å². The van der Waals surface area contributed by atoms with Crippen LogP contribution in [0.5, 0.6) is 0 Å². The third-order valence-electron chi connectivity index (χ3n) is 4.17. The van der Waals surface area contributed by atoms with E-state index in [2.05, 4.69) is 16.9 Å². The Hall–Kier alpha value is -2.68. The van der Waals surface area contributed by atoms with E-state index in [-0.39, 0.29) is 5.56 Å². The highest BCUT2D eigenvalue weighted by atomic mass is 16.3. The van der Waals surface area contributed by atoms with Crippen LogP contribution in [0, 0.1) is 13.8 Å². The molecule has 0 radical (unpaired) electrons. The Labute approximate surface area is 139 Å². The summed E-state index contributed by atoms with van der Waals surface area (Å²) in [6, 6.07) is 11.7. The predicted molar refractivity (Wildman–Crippen MR) is 93.6 cm³/mol. The summed E-state index contributed by atoms with van der Waals surface area (Å²) in [6.07, 6.45) is 2.28. The second-order valence-corrected chi connectivity index (χ2v) is 5.68. The van der Waals surface area contributed by atoms with Crippen LogP contribution in [-0.2, 0) is 6.42 Å². The predicted octanol–water partition coefficient (Wildman–Crippen LogP) is 5.22. The van der Waals surface area contributed by atoms with Gasteiger partial charge in [-0.05, 0) is 55.6 Å². The lowest BCUT2D eigenvalue weighted by Gasteiger charge is -2.05. The van der Waals surface area contributed by atoms with Gasteiger partial charge in [0, 0.05) is 32.3 Å². The van der Waals surface area contributed by atoms with Crippen molar-refractivity contribution in [2.24, 2.45) is 0 Å². The Balaban J connectivity index is 1.93. The molecule has 0 aliphatic carbocycles. The molecule has 0 aliphatic rings. The van der Waals surface area contributed by atoms with E-state index < -0.39 is 6.85 Å². The van der Waals surface area contributed by atoms with E-state index >= 15 is 0 Å². The smallest absolute Gasteiger partial charge is 0.227 e. The molecule has 0 unspecified atom stereocenters. The van der Waals surface area contributed by atoms with Gasteiger partial charge in [-0.15, -0.1) is 0 Å². The normalized spacial score (nSPS) is 13.9. The Morgan fingerprint density at radius 2 is 2.04 bits per heavy atom. The van der Waals surface area contributed by atoms with Crippen LogP contribution in [0.1, 0.15) is 27.9 Å². The van der Waals surface area contributed by atoms with Crippen LogP contribution in [0.15, 0.2) is 47.0 Å². The fourth-order valence-corrected chi connectivity index (χ4v) is 2.82. The molecule has 0 bridgehead atoms. The summed E-state index contributed by atoms with van der Waals surface area (Å²) in [5, 5.41) is 1.95. The summed E-state index contributed by atoms with van der Waals surface area (Å²) in [6.45, 7) is 1.68. The second-order valence-electron chi connectivity index (χ2n) is 5.68. The summed E-state index contributed by atoms with van der Waals surface area (Å²) < 4.78 is 28.8. The molecule has 3 heterocycles. The highest BCUT2D eigenvalue weighted by Gasteiger charge is 2.14. The summed E-state index contributed by atoms with van der Waals surface area (Å²) >= 11 is 0. The molecule has 4 rings (SSSR count). The first-order chi connectivity index (χ1) is 12.4. The molecule has 114 valence electrons. The SMILES string of the molecule is [2H]C([2H])([2H])c1cnc(-c2cccc3c2oc2nc(CC)ccc23)cc1C. The van der Waals surface area contributed by atoms with Crippen molar-refractivity contribution in [3.63, 3.8) is 0 Å². The third kappa shape index (κ3) is 2.20. The molecule has 1 aromatic carbocycles. The topological polar surface area (TPSA) is 38.9 Å². The molecular weight excluding hydrogens is 284 g/mol. The van der Waals surface area contributed by atoms with Gasteiger partial charge in [-0.2, -0.15) is 0 Å². The summed E-state index contributed by atoms with van der Waals surface area (Å²) in [5.74, 6) is 0. The first-order valence-electron chi connectivity index (χ1n) is 9.17. The maximum absolute atomic E-state index is 7.60. The number of aromatic nitrogens is 2. The van der Waals surface area contributed by atoms with E-state index in [9.17, 15) is 0 Å². The fraction of sp³-hybridized carbons (Fsp3) is 0.200. The number of para-hydroxylation sites is 1. The molecule has 0 N–H and O–H groups in total. The van der Waals surface area contributed by atoms with Crippen molar-refractivity contribution in [2.75, 3.05) is 0 Å². The number of aryl methyl sites for hydroxylation is 3. The number of nitrogens with zero attached hydrogens (tertiary/aromatic N) is 2. The quantitative estimate of drug-likeness (QED) is 0.509. The molecule has 3 nitrogen and oxygen atoms in total. The number of benzene rings is 1. The van der Waals surface area contributed by atoms with Gasteiger partial charge in [0.2, 0.25) is 5.71 Å². The van der Waals surface area contributed by atoms with Gasteiger partial charge in [-0.25, -0.2) is 4.98 Å². The standard InChI is InChI=1S/C20H18N2O/c1-4-14-8-9-16-15-6-5-7-17(19(15)23-20(16)22-14)18-10-12(2)13(3)11-21-18/h5-11H,4H2,1-3H3/i3D3. The molecule has 0 saturated carbocycles. The van der Waals surface area contributed by atoms with Crippen LogP contribution >= 0.6 is 0 Å². The molecular formula is C20H18N2O. The van der Waals surface area contributed by atoms with E-state index in [1.165, 1.54) is 6.20 Å². The number of hydrogen-bond donors (Lipinski definition) is 0. The van der Waals surface area contributed by atoms with E-state index in [1.807, 2.05) is 30.3 Å². The highest BCUT2D eigenvalue weighted by Crippen LogP contribution is 2.34. The van der Waals surface area contributed by atoms with E-state index in [0.717, 1.165) is 34.0 Å². The largest absolute Gasteiger partial charge is 0.437 e. The molecule has 4 aromatic rings. The van der Waals surface area contributed by atoms with Crippen molar-refractivity contribution in [3.8, 4) is 11.3 Å². The van der Waals surface area contributed by atoms with Crippen LogP contribution in [-0.4, -0.2) is 9.97 Å². The highest BCUT2D eigenvalue weighted by molar-refractivity contribution is 6.08. The fourth-order valence-electron chi connectivity index (χ4n) is 2.82. The summed E-state index contributed by atoms with van der Waals surface area (Å²) in [4.78, 5) is 8.96. The molecule has 0 atom stereocenters. The average Bonchev–Trinajstić information content (AvgIpc) is 2.98. The molecule has 0 fully saturated rings. The monoisotopic (exact) mass is 305 g/mol. The molecule has 3 aromatic heterocycles. The van der Waals surface area contributed by atoms with E-state index in [1.54, 1.807) is 13.0 Å². The molecule has 3 heteroatoms. The first-order valence-corrected chi connectivity index (χ1v) is 7.67. The average molecular weight is 305 g/mol. The van der Waals surface area contributed by atoms with Gasteiger partial charge in [-0.3, -0.25) is 4.98 Å². The van der Waals surface area contributed by atoms with Gasteiger partial charge >= 0.3 is 0 Å². The zero-order valence-corrected chi connectivity index (χ0v) is 13.1. The van der Waals surface area contributed by atoms with Gasteiger partial charge in [0.1, 0.15) is 5.58 Å². The molecule has 0 spiro atoms. The van der Waals surface area contributed by atoms with Crippen molar-refractivity contribution in [1.82, 2.24) is 9.97 Å². The maximum atomic E-state index is 7.60. The minimum Gasteiger partial charge on any atom is -0.437 e. The molecule has 0 amide bonds.